The van der Waals surface area contributed by atoms with Crippen molar-refractivity contribution in [3.63, 3.8) is 0 Å². The summed E-state index contributed by atoms with van der Waals surface area (Å²) in [4.78, 5) is 35.2. The molecule has 0 radical (unpaired) electrons. The minimum Gasteiger partial charge on any atom is -0.461 e. The van der Waals surface area contributed by atoms with Crippen LogP contribution in [0.25, 0.3) is 10.4 Å². The molecule has 0 aliphatic rings. The van der Waals surface area contributed by atoms with Crippen LogP contribution in [0.3, 0.4) is 0 Å². The van der Waals surface area contributed by atoms with E-state index >= 15 is 0 Å². The fraction of sp³-hybridized carbons (Fsp3) is 0.815. The van der Waals surface area contributed by atoms with Gasteiger partial charge >= 0.3 is 5.97 Å². The maximum Gasteiger partial charge on any atom is 0.357 e. The monoisotopic (exact) mass is 567 g/mol. The van der Waals surface area contributed by atoms with Crippen molar-refractivity contribution in [2.45, 2.75) is 111 Å². The van der Waals surface area contributed by atoms with Crippen molar-refractivity contribution in [3.8, 4) is 0 Å². The molecular weight excluding hydrogens is 518 g/mol. The van der Waals surface area contributed by atoms with Crippen LogP contribution in [0.4, 0.5) is 0 Å². The number of amides is 1. The summed E-state index contributed by atoms with van der Waals surface area (Å²) >= 11 is 1.46. The molecule has 0 fully saturated rings. The predicted molar refractivity (Wildman–Crippen MR) is 157 cm³/mol. The van der Waals surface area contributed by atoms with Crippen LogP contribution in [0, 0.1) is 11.8 Å². The molecule has 0 saturated carbocycles. The van der Waals surface area contributed by atoms with Gasteiger partial charge < -0.3 is 14.1 Å². The van der Waals surface area contributed by atoms with E-state index in [1.54, 1.807) is 17.2 Å². The molecule has 216 valence electrons. The van der Waals surface area contributed by atoms with E-state index in [0.717, 1.165) is 36.0 Å². The molecule has 0 aliphatic carbocycles. The Morgan fingerprint density at radius 2 is 1.74 bits per heavy atom. The molecule has 0 bridgehead atoms. The molecule has 1 amide bonds. The number of thiazole rings is 1. The molecule has 0 spiro atoms. The average Bonchev–Trinajstić information content (AvgIpc) is 3.42. The Balaban J connectivity index is 3.33. The topological polar surface area (TPSA) is 117 Å². The lowest BCUT2D eigenvalue weighted by Crippen LogP contribution is -2.49. The van der Waals surface area contributed by atoms with E-state index in [9.17, 15) is 9.59 Å². The van der Waals surface area contributed by atoms with Gasteiger partial charge in [0.15, 0.2) is 14.0 Å². The van der Waals surface area contributed by atoms with Crippen molar-refractivity contribution in [1.29, 1.82) is 0 Å². The lowest BCUT2D eigenvalue weighted by Gasteiger charge is -2.38. The van der Waals surface area contributed by atoms with E-state index < -0.39 is 20.3 Å². The van der Waals surface area contributed by atoms with Crippen molar-refractivity contribution < 1.29 is 18.8 Å². The Labute approximate surface area is 234 Å². The van der Waals surface area contributed by atoms with Gasteiger partial charge in [-0.05, 0) is 55.3 Å². The van der Waals surface area contributed by atoms with E-state index in [4.69, 9.17) is 14.7 Å². The van der Waals surface area contributed by atoms with Crippen molar-refractivity contribution in [2.24, 2.45) is 17.0 Å². The van der Waals surface area contributed by atoms with Crippen LogP contribution in [0.15, 0.2) is 10.5 Å². The highest BCUT2D eigenvalue weighted by Gasteiger charge is 2.36. The molecule has 0 aromatic carbocycles. The normalized spacial score (nSPS) is 15.6. The SMILES string of the molecule is CCOC(=O)c1csc([C@H](CC)C[C@H](C(C)CO[Si](CC)(CC)CC)N(C)C(=O)[C@@H](N=[N+]=[N-])[C@@H](C)CC)n1. The van der Waals surface area contributed by atoms with Crippen molar-refractivity contribution >= 4 is 31.5 Å². The first-order chi connectivity index (χ1) is 18.1. The molecule has 1 aromatic heterocycles. The van der Waals surface area contributed by atoms with E-state index in [1.165, 1.54) is 11.3 Å². The summed E-state index contributed by atoms with van der Waals surface area (Å²) in [6.07, 6.45) is 2.21. The second kappa shape index (κ2) is 16.9. The summed E-state index contributed by atoms with van der Waals surface area (Å²) < 4.78 is 11.8. The van der Waals surface area contributed by atoms with Crippen LogP contribution in [-0.2, 0) is 14.0 Å². The molecule has 9 nitrogen and oxygen atoms in total. The van der Waals surface area contributed by atoms with Crippen LogP contribution >= 0.6 is 11.3 Å². The molecule has 5 atom stereocenters. The predicted octanol–water partition coefficient (Wildman–Crippen LogP) is 7.41. The Kier molecular flexibility index (Phi) is 15.2. The van der Waals surface area contributed by atoms with Gasteiger partial charge in [0, 0.05) is 35.9 Å². The summed E-state index contributed by atoms with van der Waals surface area (Å²) in [5, 5.41) is 6.49. The number of rotatable bonds is 18. The number of azide groups is 1. The minimum absolute atomic E-state index is 0.0536. The zero-order valence-corrected chi connectivity index (χ0v) is 26.7. The van der Waals surface area contributed by atoms with Crippen LogP contribution < -0.4 is 0 Å². The van der Waals surface area contributed by atoms with Gasteiger partial charge in [0.1, 0.15) is 6.04 Å². The fourth-order valence-corrected chi connectivity index (χ4v) is 8.53. The lowest BCUT2D eigenvalue weighted by molar-refractivity contribution is -0.136. The summed E-state index contributed by atoms with van der Waals surface area (Å²) in [7, 11) is 0.00675. The molecule has 1 heterocycles. The van der Waals surface area contributed by atoms with Gasteiger partial charge in [-0.15, -0.1) is 11.3 Å². The van der Waals surface area contributed by atoms with Gasteiger partial charge in [-0.25, -0.2) is 9.78 Å². The van der Waals surface area contributed by atoms with Gasteiger partial charge in [0.05, 0.1) is 11.6 Å². The van der Waals surface area contributed by atoms with E-state index in [1.807, 2.05) is 20.9 Å². The van der Waals surface area contributed by atoms with Crippen molar-refractivity contribution in [1.82, 2.24) is 9.88 Å². The van der Waals surface area contributed by atoms with E-state index in [-0.39, 0.29) is 29.7 Å². The maximum atomic E-state index is 13.7. The van der Waals surface area contributed by atoms with E-state index in [0.29, 0.717) is 25.3 Å². The molecule has 0 saturated heterocycles. The second-order valence-corrected chi connectivity index (χ2v) is 15.9. The highest BCUT2D eigenvalue weighted by Crippen LogP contribution is 2.33. The highest BCUT2D eigenvalue weighted by atomic mass is 32.1. The number of aromatic nitrogens is 1. The highest BCUT2D eigenvalue weighted by molar-refractivity contribution is 7.09. The zero-order valence-electron chi connectivity index (χ0n) is 24.9. The minimum atomic E-state index is -1.81. The summed E-state index contributed by atoms with van der Waals surface area (Å²) in [5.74, 6) is -0.538. The van der Waals surface area contributed by atoms with E-state index in [2.05, 4.69) is 49.6 Å². The Morgan fingerprint density at radius 3 is 2.24 bits per heavy atom. The molecule has 1 unspecified atom stereocenters. The fourth-order valence-electron chi connectivity index (χ4n) is 4.81. The standard InChI is InChI=1S/C27H49N5O4SSi/c1-10-19(7)24(30-31-28)26(33)32(9)23(20(8)17-36-38(13-4,14-5)15-6)16-21(11-2)25-29-22(18-37-25)27(34)35-12-3/h18-21,23-24H,10-17H2,1-9H3/t19-,20?,21+,23+,24-/m0/s1. The van der Waals surface area contributed by atoms with Gasteiger partial charge in [0.25, 0.3) is 0 Å². The Morgan fingerprint density at radius 1 is 1.11 bits per heavy atom. The molecule has 1 rings (SSSR count). The number of carbonyl (C=O) groups is 2. The third-order valence-electron chi connectivity index (χ3n) is 8.07. The van der Waals surface area contributed by atoms with Crippen LogP contribution in [0.2, 0.25) is 18.1 Å². The average molecular weight is 568 g/mol. The first kappa shape index (κ1) is 34.1. The van der Waals surface area contributed by atoms with Crippen LogP contribution in [0.5, 0.6) is 0 Å². The lowest BCUT2D eigenvalue weighted by atomic mass is 9.88. The Hall–Kier alpha value is -1.94. The van der Waals surface area contributed by atoms with Crippen molar-refractivity contribution in [3.05, 3.63) is 26.5 Å². The zero-order chi connectivity index (χ0) is 28.9. The summed E-state index contributed by atoms with van der Waals surface area (Å²) in [6.45, 7) is 17.5. The molecule has 0 N–H and O–H groups in total. The molecule has 38 heavy (non-hydrogen) atoms. The Bertz CT molecular complexity index is 911. The molecule has 11 heteroatoms. The number of carbonyl (C=O) groups excluding carboxylic acids is 2. The number of likely N-dealkylation sites (N-methyl/N-ethyl adjacent to an activating group) is 1. The molecular formula is C27H49N5O4SSi. The first-order valence-corrected chi connectivity index (χ1v) is 17.6. The van der Waals surface area contributed by atoms with Crippen LogP contribution in [0.1, 0.15) is 96.1 Å². The third-order valence-corrected chi connectivity index (χ3v) is 13.7. The number of nitrogens with zero attached hydrogens (tertiary/aromatic N) is 5. The maximum absolute atomic E-state index is 13.7. The number of esters is 1. The third kappa shape index (κ3) is 9.07. The van der Waals surface area contributed by atoms with Gasteiger partial charge in [-0.1, -0.05) is 60.0 Å². The summed E-state index contributed by atoms with van der Waals surface area (Å²) in [6, 6.07) is 2.28. The van der Waals surface area contributed by atoms with Crippen molar-refractivity contribution in [2.75, 3.05) is 20.3 Å². The number of hydrogen-bond acceptors (Lipinski definition) is 7. The largest absolute Gasteiger partial charge is 0.461 e. The first-order valence-electron chi connectivity index (χ1n) is 14.2. The number of ether oxygens (including phenoxy) is 1. The molecule has 1 aromatic rings. The quantitative estimate of drug-likeness (QED) is 0.0601. The second-order valence-electron chi connectivity index (χ2n) is 10.2. The summed E-state index contributed by atoms with van der Waals surface area (Å²) in [5.41, 5.74) is 9.49. The van der Waals surface area contributed by atoms with Gasteiger partial charge in [-0.3, -0.25) is 4.79 Å². The number of hydrogen-bond donors (Lipinski definition) is 0. The van der Waals surface area contributed by atoms with Gasteiger partial charge in [0.2, 0.25) is 5.91 Å². The molecule has 0 aliphatic heterocycles. The van der Waals surface area contributed by atoms with Crippen LogP contribution in [-0.4, -0.2) is 62.4 Å². The smallest absolute Gasteiger partial charge is 0.357 e. The van der Waals surface area contributed by atoms with Gasteiger partial charge in [-0.2, -0.15) is 0 Å².